The predicted octanol–water partition coefficient (Wildman–Crippen LogP) is 4.71. The van der Waals surface area contributed by atoms with Gasteiger partial charge in [0.05, 0.1) is 5.56 Å². The Kier molecular flexibility index (Phi) is 4.63. The fourth-order valence-electron chi connectivity index (χ4n) is 2.12. The standard InChI is InChI=1S/C16H12ClF2N3S/c1-22-15(10-5-2-3-7-13(10)18)20-21-16(22)23-9-11-12(17)6-4-8-14(11)19/h2-8H,9H2,1H3. The monoisotopic (exact) mass is 351 g/mol. The zero-order chi connectivity index (χ0) is 16.4. The first-order valence-corrected chi connectivity index (χ1v) is 8.14. The first-order chi connectivity index (χ1) is 11.1. The molecule has 2 aromatic carbocycles. The van der Waals surface area contributed by atoms with E-state index in [1.165, 1.54) is 23.9 Å². The van der Waals surface area contributed by atoms with Crippen molar-refractivity contribution in [2.75, 3.05) is 0 Å². The molecular formula is C16H12ClF2N3S. The van der Waals surface area contributed by atoms with E-state index in [2.05, 4.69) is 10.2 Å². The fourth-order valence-corrected chi connectivity index (χ4v) is 3.38. The number of thioether (sulfide) groups is 1. The van der Waals surface area contributed by atoms with Crippen LogP contribution in [-0.2, 0) is 12.8 Å². The Morgan fingerprint density at radius 2 is 1.78 bits per heavy atom. The highest BCUT2D eigenvalue weighted by Gasteiger charge is 2.15. The Labute approximate surface area is 141 Å². The first kappa shape index (κ1) is 16.0. The van der Waals surface area contributed by atoms with Crippen LogP contribution in [0, 0.1) is 11.6 Å². The van der Waals surface area contributed by atoms with E-state index in [0.29, 0.717) is 32.9 Å². The van der Waals surface area contributed by atoms with E-state index in [0.717, 1.165) is 0 Å². The van der Waals surface area contributed by atoms with E-state index in [1.54, 1.807) is 41.9 Å². The first-order valence-electron chi connectivity index (χ1n) is 6.78. The number of benzene rings is 2. The molecular weight excluding hydrogens is 340 g/mol. The van der Waals surface area contributed by atoms with Crippen LogP contribution >= 0.6 is 23.4 Å². The molecule has 0 radical (unpaired) electrons. The lowest BCUT2D eigenvalue weighted by Gasteiger charge is -2.06. The van der Waals surface area contributed by atoms with Crippen LogP contribution < -0.4 is 0 Å². The molecule has 0 saturated heterocycles. The Balaban J connectivity index is 1.85. The molecule has 0 amide bonds. The highest BCUT2D eigenvalue weighted by molar-refractivity contribution is 7.98. The van der Waals surface area contributed by atoms with E-state index in [9.17, 15) is 8.78 Å². The molecule has 0 fully saturated rings. The van der Waals surface area contributed by atoms with Crippen molar-refractivity contribution in [3.63, 3.8) is 0 Å². The molecule has 118 valence electrons. The predicted molar refractivity (Wildman–Crippen MR) is 87.4 cm³/mol. The summed E-state index contributed by atoms with van der Waals surface area (Å²) in [6.07, 6.45) is 0. The van der Waals surface area contributed by atoms with Gasteiger partial charge in [-0.05, 0) is 24.3 Å². The zero-order valence-electron chi connectivity index (χ0n) is 12.1. The van der Waals surface area contributed by atoms with E-state index >= 15 is 0 Å². The van der Waals surface area contributed by atoms with Gasteiger partial charge in [-0.25, -0.2) is 8.78 Å². The minimum atomic E-state index is -0.364. The molecule has 7 heteroatoms. The summed E-state index contributed by atoms with van der Waals surface area (Å²) < 4.78 is 29.3. The lowest BCUT2D eigenvalue weighted by atomic mass is 10.2. The van der Waals surface area contributed by atoms with Crippen molar-refractivity contribution in [2.45, 2.75) is 10.9 Å². The van der Waals surface area contributed by atoms with Gasteiger partial charge in [-0.2, -0.15) is 0 Å². The second-order valence-electron chi connectivity index (χ2n) is 4.83. The summed E-state index contributed by atoms with van der Waals surface area (Å²) >= 11 is 7.30. The second kappa shape index (κ2) is 6.68. The molecule has 23 heavy (non-hydrogen) atoms. The minimum Gasteiger partial charge on any atom is -0.305 e. The molecule has 0 aliphatic carbocycles. The molecule has 0 aliphatic rings. The van der Waals surface area contributed by atoms with Crippen LogP contribution in [0.3, 0.4) is 0 Å². The third kappa shape index (κ3) is 3.23. The van der Waals surface area contributed by atoms with Crippen molar-refractivity contribution < 1.29 is 8.78 Å². The maximum atomic E-state index is 13.9. The number of nitrogens with zero attached hydrogens (tertiary/aromatic N) is 3. The summed E-state index contributed by atoms with van der Waals surface area (Å²) in [4.78, 5) is 0. The van der Waals surface area contributed by atoms with Gasteiger partial charge in [0.1, 0.15) is 11.6 Å². The minimum absolute atomic E-state index is 0.314. The van der Waals surface area contributed by atoms with Crippen molar-refractivity contribution in [1.29, 1.82) is 0 Å². The Hall–Kier alpha value is -1.92. The van der Waals surface area contributed by atoms with Crippen LogP contribution in [0.2, 0.25) is 5.02 Å². The summed E-state index contributed by atoms with van der Waals surface area (Å²) in [5.74, 6) is 0.0119. The van der Waals surface area contributed by atoms with Crippen LogP contribution in [0.25, 0.3) is 11.4 Å². The third-order valence-corrected chi connectivity index (χ3v) is 4.76. The Bertz CT molecular complexity index is 831. The molecule has 0 N–H and O–H groups in total. The number of halogens is 3. The molecule has 3 rings (SSSR count). The van der Waals surface area contributed by atoms with Crippen molar-refractivity contribution in [3.8, 4) is 11.4 Å². The van der Waals surface area contributed by atoms with Crippen LogP contribution in [0.4, 0.5) is 8.78 Å². The summed E-state index contributed by atoms with van der Waals surface area (Å²) in [6.45, 7) is 0. The van der Waals surface area contributed by atoms with Gasteiger partial charge in [-0.3, -0.25) is 0 Å². The second-order valence-corrected chi connectivity index (χ2v) is 6.18. The van der Waals surface area contributed by atoms with E-state index in [1.807, 2.05) is 0 Å². The van der Waals surface area contributed by atoms with E-state index in [4.69, 9.17) is 11.6 Å². The van der Waals surface area contributed by atoms with Gasteiger partial charge in [0.25, 0.3) is 0 Å². The van der Waals surface area contributed by atoms with E-state index < -0.39 is 0 Å². The summed E-state index contributed by atoms with van der Waals surface area (Å²) in [6, 6.07) is 10.9. The van der Waals surface area contributed by atoms with Gasteiger partial charge in [0.2, 0.25) is 0 Å². The average Bonchev–Trinajstić information content (AvgIpc) is 2.88. The largest absolute Gasteiger partial charge is 0.305 e. The number of hydrogen-bond acceptors (Lipinski definition) is 3. The van der Waals surface area contributed by atoms with Crippen molar-refractivity contribution >= 4 is 23.4 Å². The van der Waals surface area contributed by atoms with Crippen LogP contribution in [0.15, 0.2) is 47.6 Å². The quantitative estimate of drug-likeness (QED) is 0.638. The molecule has 0 aliphatic heterocycles. The molecule has 0 spiro atoms. The molecule has 1 aromatic heterocycles. The van der Waals surface area contributed by atoms with Crippen molar-refractivity contribution in [1.82, 2.24) is 14.8 Å². The molecule has 0 atom stereocenters. The number of hydrogen-bond donors (Lipinski definition) is 0. The van der Waals surface area contributed by atoms with Gasteiger partial charge in [0.15, 0.2) is 11.0 Å². The zero-order valence-corrected chi connectivity index (χ0v) is 13.7. The lowest BCUT2D eigenvalue weighted by Crippen LogP contribution is -1.97. The Morgan fingerprint density at radius 1 is 1.04 bits per heavy atom. The summed E-state index contributed by atoms with van der Waals surface area (Å²) in [5, 5.41) is 9.01. The summed E-state index contributed by atoms with van der Waals surface area (Å²) in [7, 11) is 1.74. The molecule has 0 unspecified atom stereocenters. The van der Waals surface area contributed by atoms with Crippen molar-refractivity contribution in [3.05, 3.63) is 64.7 Å². The maximum absolute atomic E-state index is 13.9. The van der Waals surface area contributed by atoms with Gasteiger partial charge >= 0.3 is 0 Å². The smallest absolute Gasteiger partial charge is 0.191 e. The average molecular weight is 352 g/mol. The van der Waals surface area contributed by atoms with Gasteiger partial charge in [-0.15, -0.1) is 10.2 Å². The normalized spacial score (nSPS) is 11.0. The third-order valence-electron chi connectivity index (χ3n) is 3.36. The van der Waals surface area contributed by atoms with Crippen LogP contribution in [0.5, 0.6) is 0 Å². The van der Waals surface area contributed by atoms with Gasteiger partial charge < -0.3 is 4.57 Å². The van der Waals surface area contributed by atoms with Gasteiger partial charge in [0, 0.05) is 23.4 Å². The molecule has 0 saturated carbocycles. The highest BCUT2D eigenvalue weighted by atomic mass is 35.5. The number of rotatable bonds is 4. The van der Waals surface area contributed by atoms with Crippen LogP contribution in [-0.4, -0.2) is 14.8 Å². The Morgan fingerprint density at radius 3 is 2.52 bits per heavy atom. The van der Waals surface area contributed by atoms with Gasteiger partial charge in [-0.1, -0.05) is 41.6 Å². The number of aromatic nitrogens is 3. The molecule has 3 aromatic rings. The molecule has 1 heterocycles. The summed E-state index contributed by atoms with van der Waals surface area (Å²) in [5.41, 5.74) is 0.785. The SMILES string of the molecule is Cn1c(SCc2c(F)cccc2Cl)nnc1-c1ccccc1F. The lowest BCUT2D eigenvalue weighted by molar-refractivity contribution is 0.617. The van der Waals surface area contributed by atoms with E-state index in [-0.39, 0.29) is 11.6 Å². The molecule has 0 bridgehead atoms. The highest BCUT2D eigenvalue weighted by Crippen LogP contribution is 2.29. The maximum Gasteiger partial charge on any atom is 0.191 e. The molecule has 3 nitrogen and oxygen atoms in total. The van der Waals surface area contributed by atoms with Crippen molar-refractivity contribution in [2.24, 2.45) is 7.05 Å². The topological polar surface area (TPSA) is 30.7 Å². The fraction of sp³-hybridized carbons (Fsp3) is 0.125. The van der Waals surface area contributed by atoms with Crippen LogP contribution in [0.1, 0.15) is 5.56 Å².